The molecule has 128 valence electrons. The van der Waals surface area contributed by atoms with Crippen molar-refractivity contribution in [1.29, 1.82) is 0 Å². The smallest absolute Gasteiger partial charge is 0.377 e. The number of hydrogen-bond acceptors (Lipinski definition) is 6. The Hall–Kier alpha value is -0.0231. The molecule has 0 aliphatic carbocycles. The molecule has 7 heteroatoms. The summed E-state index contributed by atoms with van der Waals surface area (Å²) < 4.78 is 16.4. The van der Waals surface area contributed by atoms with Gasteiger partial charge in [-0.15, -0.1) is 0 Å². The number of nitrogens with zero attached hydrogens (tertiary/aromatic N) is 1. The lowest BCUT2D eigenvalue weighted by atomic mass is 10.3. The van der Waals surface area contributed by atoms with Crippen LogP contribution in [0.1, 0.15) is 19.8 Å². The van der Waals surface area contributed by atoms with Crippen LogP contribution in [0.2, 0.25) is 6.04 Å². The molecule has 0 rings (SSSR count). The highest BCUT2D eigenvalue weighted by atomic mass is 28.4. The zero-order chi connectivity index (χ0) is 16.0. The SMILES string of the molecule is CCCNCCN(CCC[Si](OC)(OC)OC)CCNC. The summed E-state index contributed by atoms with van der Waals surface area (Å²) in [5, 5.41) is 6.67. The predicted molar refractivity (Wildman–Crippen MR) is 89.7 cm³/mol. The van der Waals surface area contributed by atoms with E-state index in [1.165, 1.54) is 6.42 Å². The van der Waals surface area contributed by atoms with Crippen molar-refractivity contribution in [1.82, 2.24) is 15.5 Å². The molecular formula is C14H35N3O3Si. The predicted octanol–water partition coefficient (Wildman–Crippen LogP) is 0.776. The van der Waals surface area contributed by atoms with E-state index in [0.717, 1.165) is 51.7 Å². The Morgan fingerprint density at radius 3 is 2.05 bits per heavy atom. The molecule has 0 aromatic heterocycles. The van der Waals surface area contributed by atoms with E-state index >= 15 is 0 Å². The summed E-state index contributed by atoms with van der Waals surface area (Å²) in [6.07, 6.45) is 2.21. The van der Waals surface area contributed by atoms with Gasteiger partial charge in [-0.1, -0.05) is 6.92 Å². The number of nitrogens with one attached hydrogen (secondary N) is 2. The Morgan fingerprint density at radius 1 is 0.905 bits per heavy atom. The molecule has 0 aromatic carbocycles. The minimum absolute atomic E-state index is 0.856. The van der Waals surface area contributed by atoms with Crippen molar-refractivity contribution in [2.24, 2.45) is 0 Å². The van der Waals surface area contributed by atoms with Gasteiger partial charge in [-0.2, -0.15) is 0 Å². The first kappa shape index (κ1) is 21.0. The Bertz CT molecular complexity index is 223. The van der Waals surface area contributed by atoms with Crippen molar-refractivity contribution in [3.8, 4) is 0 Å². The fraction of sp³-hybridized carbons (Fsp3) is 1.00. The van der Waals surface area contributed by atoms with E-state index in [9.17, 15) is 0 Å². The monoisotopic (exact) mass is 321 g/mol. The molecule has 0 fully saturated rings. The van der Waals surface area contributed by atoms with Crippen LogP contribution in [0.4, 0.5) is 0 Å². The van der Waals surface area contributed by atoms with Crippen LogP contribution in [0.3, 0.4) is 0 Å². The first-order valence-electron chi connectivity index (χ1n) is 7.91. The average molecular weight is 322 g/mol. The van der Waals surface area contributed by atoms with Gasteiger partial charge in [0.1, 0.15) is 0 Å². The lowest BCUT2D eigenvalue weighted by Crippen LogP contribution is -2.44. The van der Waals surface area contributed by atoms with Crippen LogP contribution in [-0.4, -0.2) is 81.3 Å². The van der Waals surface area contributed by atoms with Crippen LogP contribution < -0.4 is 10.6 Å². The van der Waals surface area contributed by atoms with Gasteiger partial charge in [0.05, 0.1) is 0 Å². The van der Waals surface area contributed by atoms with Gasteiger partial charge in [-0.05, 0) is 33.0 Å². The molecule has 0 unspecified atom stereocenters. The highest BCUT2D eigenvalue weighted by Crippen LogP contribution is 2.15. The second-order valence-electron chi connectivity index (χ2n) is 5.09. The van der Waals surface area contributed by atoms with E-state index < -0.39 is 8.80 Å². The largest absolute Gasteiger partial charge is 0.500 e. The second kappa shape index (κ2) is 13.6. The molecular weight excluding hydrogens is 286 g/mol. The van der Waals surface area contributed by atoms with Gasteiger partial charge in [0, 0.05) is 53.6 Å². The average Bonchev–Trinajstić information content (AvgIpc) is 2.53. The highest BCUT2D eigenvalue weighted by Gasteiger charge is 2.36. The summed E-state index contributed by atoms with van der Waals surface area (Å²) in [4.78, 5) is 2.47. The zero-order valence-corrected chi connectivity index (χ0v) is 15.5. The first-order valence-corrected chi connectivity index (χ1v) is 9.84. The Kier molecular flexibility index (Phi) is 13.6. The van der Waals surface area contributed by atoms with Crippen molar-refractivity contribution in [3.63, 3.8) is 0 Å². The van der Waals surface area contributed by atoms with Crippen LogP contribution in [0.25, 0.3) is 0 Å². The van der Waals surface area contributed by atoms with Gasteiger partial charge in [-0.3, -0.25) is 0 Å². The topological polar surface area (TPSA) is 55.0 Å². The Morgan fingerprint density at radius 2 is 1.52 bits per heavy atom. The third kappa shape index (κ3) is 9.57. The molecule has 0 amide bonds. The standard InChI is InChI=1S/C14H35N3O3Si/c1-6-8-16-10-13-17(12-9-15-2)11-7-14-21(18-3,19-4)20-5/h15-16H,6-14H2,1-5H3. The molecule has 21 heavy (non-hydrogen) atoms. The fourth-order valence-electron chi connectivity index (χ4n) is 2.22. The number of likely N-dealkylation sites (N-methyl/N-ethyl adjacent to an activating group) is 1. The zero-order valence-electron chi connectivity index (χ0n) is 14.5. The van der Waals surface area contributed by atoms with Crippen LogP contribution in [0.5, 0.6) is 0 Å². The molecule has 0 atom stereocenters. The lowest BCUT2D eigenvalue weighted by molar-refractivity contribution is 0.121. The fourth-order valence-corrected chi connectivity index (χ4v) is 3.92. The highest BCUT2D eigenvalue weighted by molar-refractivity contribution is 6.60. The molecule has 0 heterocycles. The van der Waals surface area contributed by atoms with Gasteiger partial charge >= 0.3 is 8.80 Å². The van der Waals surface area contributed by atoms with Crippen molar-refractivity contribution in [2.45, 2.75) is 25.8 Å². The summed E-state index contributed by atoms with van der Waals surface area (Å²) in [5.74, 6) is 0. The van der Waals surface area contributed by atoms with E-state index in [0.29, 0.717) is 0 Å². The van der Waals surface area contributed by atoms with Gasteiger partial charge in [-0.25, -0.2) is 0 Å². The maximum Gasteiger partial charge on any atom is 0.500 e. The Labute approximate surface area is 131 Å². The van der Waals surface area contributed by atoms with E-state index in [1.54, 1.807) is 21.3 Å². The van der Waals surface area contributed by atoms with Crippen LogP contribution >= 0.6 is 0 Å². The Balaban J connectivity index is 4.08. The van der Waals surface area contributed by atoms with Crippen LogP contribution in [-0.2, 0) is 13.3 Å². The van der Waals surface area contributed by atoms with E-state index in [-0.39, 0.29) is 0 Å². The summed E-state index contributed by atoms with van der Waals surface area (Å²) in [6, 6.07) is 0.856. The van der Waals surface area contributed by atoms with Crippen LogP contribution in [0.15, 0.2) is 0 Å². The molecule has 2 N–H and O–H groups in total. The van der Waals surface area contributed by atoms with Gasteiger partial charge in [0.25, 0.3) is 0 Å². The molecule has 6 nitrogen and oxygen atoms in total. The maximum absolute atomic E-state index is 5.46. The van der Waals surface area contributed by atoms with Crippen molar-refractivity contribution >= 4 is 8.80 Å². The van der Waals surface area contributed by atoms with Gasteiger partial charge in [0.15, 0.2) is 0 Å². The van der Waals surface area contributed by atoms with Crippen LogP contribution in [0, 0.1) is 0 Å². The molecule has 0 saturated carbocycles. The first-order chi connectivity index (χ1) is 10.2. The van der Waals surface area contributed by atoms with E-state index in [2.05, 4.69) is 22.5 Å². The lowest BCUT2D eigenvalue weighted by Gasteiger charge is -2.27. The summed E-state index contributed by atoms with van der Waals surface area (Å²) in [6.45, 7) is 8.51. The number of rotatable bonds is 15. The molecule has 0 saturated heterocycles. The molecule has 0 spiro atoms. The summed E-state index contributed by atoms with van der Waals surface area (Å²) in [7, 11) is 4.59. The molecule has 0 aliphatic heterocycles. The molecule has 0 bridgehead atoms. The third-order valence-electron chi connectivity index (χ3n) is 3.60. The normalized spacial score (nSPS) is 12.3. The third-order valence-corrected chi connectivity index (χ3v) is 6.43. The summed E-state index contributed by atoms with van der Waals surface area (Å²) >= 11 is 0. The second-order valence-corrected chi connectivity index (χ2v) is 8.18. The van der Waals surface area contributed by atoms with Gasteiger partial charge in [0.2, 0.25) is 0 Å². The van der Waals surface area contributed by atoms with E-state index in [4.69, 9.17) is 13.3 Å². The maximum atomic E-state index is 5.46. The molecule has 0 radical (unpaired) electrons. The van der Waals surface area contributed by atoms with Crippen molar-refractivity contribution in [2.75, 3.05) is 67.6 Å². The summed E-state index contributed by atoms with van der Waals surface area (Å²) in [5.41, 5.74) is 0. The molecule has 0 aromatic rings. The van der Waals surface area contributed by atoms with Crippen molar-refractivity contribution < 1.29 is 13.3 Å². The van der Waals surface area contributed by atoms with Gasteiger partial charge < -0.3 is 28.8 Å². The van der Waals surface area contributed by atoms with Crippen molar-refractivity contribution in [3.05, 3.63) is 0 Å². The minimum Gasteiger partial charge on any atom is -0.377 e. The molecule has 0 aliphatic rings. The van der Waals surface area contributed by atoms with E-state index in [1.807, 2.05) is 7.05 Å². The number of hydrogen-bond donors (Lipinski definition) is 2. The quantitative estimate of drug-likeness (QED) is 0.343. The minimum atomic E-state index is -2.42.